The summed E-state index contributed by atoms with van der Waals surface area (Å²) >= 11 is 6.14. The SMILES string of the molecule is Cc1nn(CC(=O)NC2CCN(Cc3ccccc3)CC2)c(C)c1Cl. The van der Waals surface area contributed by atoms with Crippen LogP contribution in [0.15, 0.2) is 30.3 Å². The van der Waals surface area contributed by atoms with Crippen molar-refractivity contribution in [2.75, 3.05) is 13.1 Å². The molecule has 0 radical (unpaired) electrons. The van der Waals surface area contributed by atoms with E-state index in [2.05, 4.69) is 39.6 Å². The number of amides is 1. The molecule has 0 atom stereocenters. The summed E-state index contributed by atoms with van der Waals surface area (Å²) in [5, 5.41) is 8.10. The van der Waals surface area contributed by atoms with E-state index >= 15 is 0 Å². The molecule has 2 heterocycles. The fourth-order valence-electron chi connectivity index (χ4n) is 3.32. The predicted molar refractivity (Wildman–Crippen MR) is 99.6 cm³/mol. The van der Waals surface area contributed by atoms with Gasteiger partial charge in [-0.15, -0.1) is 0 Å². The summed E-state index contributed by atoms with van der Waals surface area (Å²) in [5.74, 6) is 0.00350. The molecule has 1 aromatic carbocycles. The van der Waals surface area contributed by atoms with Crippen molar-refractivity contribution in [2.24, 2.45) is 0 Å². The molecular formula is C19H25ClN4O. The third-order valence-corrected chi connectivity index (χ3v) is 5.34. The zero-order valence-electron chi connectivity index (χ0n) is 14.8. The van der Waals surface area contributed by atoms with Gasteiger partial charge in [0.25, 0.3) is 0 Å². The van der Waals surface area contributed by atoms with E-state index in [1.165, 1.54) is 5.56 Å². The van der Waals surface area contributed by atoms with Crippen molar-refractivity contribution < 1.29 is 4.79 Å². The first-order chi connectivity index (χ1) is 12.0. The minimum atomic E-state index is 0.00350. The van der Waals surface area contributed by atoms with Crippen LogP contribution in [0.2, 0.25) is 5.02 Å². The summed E-state index contributed by atoms with van der Waals surface area (Å²) in [6, 6.07) is 10.8. The highest BCUT2D eigenvalue weighted by Crippen LogP contribution is 2.19. The Hall–Kier alpha value is -1.85. The molecule has 0 aliphatic carbocycles. The van der Waals surface area contributed by atoms with Crippen LogP contribution < -0.4 is 5.32 Å². The number of halogens is 1. The summed E-state index contributed by atoms with van der Waals surface area (Å²) < 4.78 is 1.68. The molecule has 1 amide bonds. The number of aryl methyl sites for hydroxylation is 1. The topological polar surface area (TPSA) is 50.2 Å². The molecule has 0 saturated carbocycles. The van der Waals surface area contributed by atoms with E-state index in [0.717, 1.165) is 43.9 Å². The number of hydrogen-bond acceptors (Lipinski definition) is 3. The molecule has 1 aliphatic heterocycles. The van der Waals surface area contributed by atoms with Gasteiger partial charge in [-0.3, -0.25) is 14.4 Å². The molecule has 5 nitrogen and oxygen atoms in total. The van der Waals surface area contributed by atoms with Gasteiger partial charge in [0.15, 0.2) is 0 Å². The first-order valence-corrected chi connectivity index (χ1v) is 9.16. The lowest BCUT2D eigenvalue weighted by atomic mass is 10.0. The Bertz CT molecular complexity index is 721. The highest BCUT2D eigenvalue weighted by Gasteiger charge is 2.21. The lowest BCUT2D eigenvalue weighted by Crippen LogP contribution is -2.45. The first kappa shape index (κ1) is 18.0. The number of benzene rings is 1. The zero-order chi connectivity index (χ0) is 17.8. The Morgan fingerprint density at radius 3 is 2.52 bits per heavy atom. The Morgan fingerprint density at radius 2 is 1.92 bits per heavy atom. The molecule has 0 unspecified atom stereocenters. The van der Waals surface area contributed by atoms with Gasteiger partial charge in [-0.2, -0.15) is 5.10 Å². The van der Waals surface area contributed by atoms with Crippen LogP contribution in [0.5, 0.6) is 0 Å². The summed E-state index contributed by atoms with van der Waals surface area (Å²) in [6.45, 7) is 6.95. The van der Waals surface area contributed by atoms with Gasteiger partial charge in [0.2, 0.25) is 5.91 Å². The number of piperidine rings is 1. The van der Waals surface area contributed by atoms with Crippen LogP contribution in [0.4, 0.5) is 0 Å². The van der Waals surface area contributed by atoms with Gasteiger partial charge in [-0.1, -0.05) is 41.9 Å². The minimum Gasteiger partial charge on any atom is -0.352 e. The van der Waals surface area contributed by atoms with Gasteiger partial charge >= 0.3 is 0 Å². The molecule has 134 valence electrons. The molecule has 2 aromatic rings. The third kappa shape index (κ3) is 4.61. The lowest BCUT2D eigenvalue weighted by molar-refractivity contribution is -0.122. The van der Waals surface area contributed by atoms with Gasteiger partial charge in [0, 0.05) is 25.7 Å². The Morgan fingerprint density at radius 1 is 1.24 bits per heavy atom. The number of rotatable bonds is 5. The molecular weight excluding hydrogens is 336 g/mol. The summed E-state index contributed by atoms with van der Waals surface area (Å²) in [6.07, 6.45) is 1.97. The number of nitrogens with zero attached hydrogens (tertiary/aromatic N) is 3. The van der Waals surface area contributed by atoms with Gasteiger partial charge in [0.1, 0.15) is 6.54 Å². The van der Waals surface area contributed by atoms with Crippen LogP contribution in [0.1, 0.15) is 29.8 Å². The molecule has 1 fully saturated rings. The van der Waals surface area contributed by atoms with Crippen LogP contribution >= 0.6 is 11.6 Å². The molecule has 3 rings (SSSR count). The third-order valence-electron chi connectivity index (χ3n) is 4.79. The average Bonchev–Trinajstić information content (AvgIpc) is 2.84. The van der Waals surface area contributed by atoms with E-state index in [4.69, 9.17) is 11.6 Å². The van der Waals surface area contributed by atoms with Gasteiger partial charge in [-0.05, 0) is 32.3 Å². The Kier molecular flexibility index (Phi) is 5.76. The van der Waals surface area contributed by atoms with Crippen molar-refractivity contribution in [1.82, 2.24) is 20.0 Å². The standard InChI is InChI=1S/C19H25ClN4O/c1-14-19(20)15(2)24(22-14)13-18(25)21-17-8-10-23(11-9-17)12-16-6-4-3-5-7-16/h3-7,17H,8-13H2,1-2H3,(H,21,25). The van der Waals surface area contributed by atoms with Crippen molar-refractivity contribution in [2.45, 2.75) is 45.8 Å². The molecule has 1 N–H and O–H groups in total. The summed E-state index contributed by atoms with van der Waals surface area (Å²) in [4.78, 5) is 14.7. The maximum Gasteiger partial charge on any atom is 0.241 e. The zero-order valence-corrected chi connectivity index (χ0v) is 15.6. The number of carbonyl (C=O) groups is 1. The predicted octanol–water partition coefficient (Wildman–Crippen LogP) is 2.93. The second kappa shape index (κ2) is 8.02. The maximum absolute atomic E-state index is 12.3. The van der Waals surface area contributed by atoms with Crippen LogP contribution in [-0.4, -0.2) is 39.7 Å². The Balaban J connectivity index is 1.45. The lowest BCUT2D eigenvalue weighted by Gasteiger charge is -2.32. The van der Waals surface area contributed by atoms with E-state index in [-0.39, 0.29) is 18.5 Å². The van der Waals surface area contributed by atoms with Crippen molar-refractivity contribution >= 4 is 17.5 Å². The van der Waals surface area contributed by atoms with Crippen LogP contribution in [0, 0.1) is 13.8 Å². The fraction of sp³-hybridized carbons (Fsp3) is 0.474. The quantitative estimate of drug-likeness (QED) is 0.891. The monoisotopic (exact) mass is 360 g/mol. The van der Waals surface area contributed by atoms with Gasteiger partial charge < -0.3 is 5.32 Å². The van der Waals surface area contributed by atoms with E-state index in [9.17, 15) is 4.79 Å². The largest absolute Gasteiger partial charge is 0.352 e. The van der Waals surface area contributed by atoms with Crippen LogP contribution in [0.25, 0.3) is 0 Å². The minimum absolute atomic E-state index is 0.00350. The number of carbonyl (C=O) groups excluding carboxylic acids is 1. The second-order valence-electron chi connectivity index (χ2n) is 6.75. The molecule has 1 saturated heterocycles. The smallest absolute Gasteiger partial charge is 0.241 e. The number of likely N-dealkylation sites (tertiary alicyclic amines) is 1. The molecule has 6 heteroatoms. The van der Waals surface area contributed by atoms with Crippen molar-refractivity contribution in [3.05, 3.63) is 52.3 Å². The second-order valence-corrected chi connectivity index (χ2v) is 7.12. The highest BCUT2D eigenvalue weighted by molar-refractivity contribution is 6.31. The van der Waals surface area contributed by atoms with E-state index < -0.39 is 0 Å². The van der Waals surface area contributed by atoms with E-state index in [1.54, 1.807) is 4.68 Å². The van der Waals surface area contributed by atoms with Crippen molar-refractivity contribution in [3.63, 3.8) is 0 Å². The normalized spacial score (nSPS) is 16.1. The van der Waals surface area contributed by atoms with E-state index in [0.29, 0.717) is 5.02 Å². The van der Waals surface area contributed by atoms with Gasteiger partial charge in [-0.25, -0.2) is 0 Å². The molecule has 1 aliphatic rings. The molecule has 0 spiro atoms. The Labute approximate surface area is 154 Å². The van der Waals surface area contributed by atoms with Crippen molar-refractivity contribution in [3.8, 4) is 0 Å². The number of aromatic nitrogens is 2. The fourth-order valence-corrected chi connectivity index (χ4v) is 3.45. The highest BCUT2D eigenvalue weighted by atomic mass is 35.5. The summed E-state index contributed by atoms with van der Waals surface area (Å²) in [7, 11) is 0. The maximum atomic E-state index is 12.3. The molecule has 1 aromatic heterocycles. The molecule has 25 heavy (non-hydrogen) atoms. The van der Waals surface area contributed by atoms with Crippen molar-refractivity contribution in [1.29, 1.82) is 0 Å². The van der Waals surface area contributed by atoms with Crippen LogP contribution in [0.3, 0.4) is 0 Å². The van der Waals surface area contributed by atoms with Crippen LogP contribution in [-0.2, 0) is 17.9 Å². The van der Waals surface area contributed by atoms with Gasteiger partial charge in [0.05, 0.1) is 16.4 Å². The number of hydrogen-bond donors (Lipinski definition) is 1. The molecule has 0 bridgehead atoms. The first-order valence-electron chi connectivity index (χ1n) is 8.78. The van der Waals surface area contributed by atoms with E-state index in [1.807, 2.05) is 19.9 Å². The number of nitrogens with one attached hydrogen (secondary N) is 1. The summed E-state index contributed by atoms with van der Waals surface area (Å²) in [5.41, 5.74) is 2.94. The average molecular weight is 361 g/mol.